The van der Waals surface area contributed by atoms with Crippen LogP contribution in [0.15, 0.2) is 24.3 Å². The van der Waals surface area contributed by atoms with Crippen LogP contribution in [0.3, 0.4) is 0 Å². The lowest BCUT2D eigenvalue weighted by atomic mass is 10.3. The fourth-order valence-corrected chi connectivity index (χ4v) is 0.857. The molecule has 0 radical (unpaired) electrons. The monoisotopic (exact) mass is 136 g/mol. The first-order chi connectivity index (χ1) is 4.88. The van der Waals surface area contributed by atoms with Crippen molar-refractivity contribution in [3.8, 4) is 0 Å². The Kier molecular flexibility index (Phi) is 0.887. The number of rotatable bonds is 0. The first kappa shape index (κ1) is 5.22. The summed E-state index contributed by atoms with van der Waals surface area (Å²) < 4.78 is 0. The summed E-state index contributed by atoms with van der Waals surface area (Å²) in [4.78, 5) is 0.759. The van der Waals surface area contributed by atoms with Gasteiger partial charge in [0.2, 0.25) is 0 Å². The average molecular weight is 136 g/mol. The Morgan fingerprint density at radius 3 is 3.00 bits per heavy atom. The molecule has 0 saturated heterocycles. The van der Waals surface area contributed by atoms with E-state index in [9.17, 15) is 0 Å². The minimum absolute atomic E-state index is 0. The molecule has 0 fully saturated rings. The maximum atomic E-state index is 8.95. The van der Waals surface area contributed by atoms with E-state index < -0.39 is 0 Å². The minimum atomic E-state index is 0. The van der Waals surface area contributed by atoms with Crippen LogP contribution in [0.4, 0.5) is 0 Å². The van der Waals surface area contributed by atoms with E-state index in [-0.39, 0.29) is 1.43 Å². The van der Waals surface area contributed by atoms with Gasteiger partial charge >= 0.3 is 1.43 Å². The first-order valence-corrected chi connectivity index (χ1v) is 2.87. The standard InChI is InChI=1S/C6H5N3O/c10-9-6-4-2-1-3-5(6)7-8-9/h1-4,10H/p+1. The van der Waals surface area contributed by atoms with Gasteiger partial charge in [0.15, 0.2) is 0 Å². The summed E-state index contributed by atoms with van der Waals surface area (Å²) in [5.74, 6) is 0. The van der Waals surface area contributed by atoms with Gasteiger partial charge in [0, 0.05) is 0 Å². The molecular weight excluding hydrogens is 130 g/mol. The SMILES string of the molecule is On1nnc2ccccc21.[H+]. The zero-order valence-electron chi connectivity index (χ0n) is 6.10. The maximum absolute atomic E-state index is 8.95. The van der Waals surface area contributed by atoms with Crippen LogP contribution in [-0.2, 0) is 0 Å². The lowest BCUT2D eigenvalue weighted by Crippen LogP contribution is -1.90. The molecule has 0 aliphatic heterocycles. The maximum Gasteiger partial charge on any atom is 1.00 e. The molecule has 2 aromatic rings. The van der Waals surface area contributed by atoms with E-state index in [1.54, 1.807) is 12.1 Å². The van der Waals surface area contributed by atoms with Crippen LogP contribution < -0.4 is 0 Å². The molecule has 1 aromatic carbocycles. The predicted molar refractivity (Wildman–Crippen MR) is 35.8 cm³/mol. The number of nitrogens with zero attached hydrogens (tertiary/aromatic N) is 3. The largest absolute Gasteiger partial charge is 1.00 e. The second kappa shape index (κ2) is 1.70. The van der Waals surface area contributed by atoms with Crippen molar-refractivity contribution in [2.75, 3.05) is 0 Å². The molecule has 0 unspecified atom stereocenters. The van der Waals surface area contributed by atoms with E-state index in [1.165, 1.54) is 0 Å². The highest BCUT2D eigenvalue weighted by molar-refractivity contribution is 5.73. The lowest BCUT2D eigenvalue weighted by molar-refractivity contribution is 0.155. The van der Waals surface area contributed by atoms with Crippen molar-refractivity contribution in [3.05, 3.63) is 24.3 Å². The second-order valence-electron chi connectivity index (χ2n) is 1.97. The van der Waals surface area contributed by atoms with E-state index in [0.717, 1.165) is 4.85 Å². The predicted octanol–water partition coefficient (Wildman–Crippen LogP) is 0.781. The van der Waals surface area contributed by atoms with Gasteiger partial charge in [-0.15, -0.1) is 5.10 Å². The normalized spacial score (nSPS) is 10.4. The Morgan fingerprint density at radius 1 is 1.40 bits per heavy atom. The third kappa shape index (κ3) is 0.556. The molecule has 1 N–H and O–H groups in total. The lowest BCUT2D eigenvalue weighted by Gasteiger charge is -1.85. The van der Waals surface area contributed by atoms with Gasteiger partial charge in [-0.25, -0.2) is 0 Å². The Balaban J connectivity index is 0.000000605. The molecule has 1 heterocycles. The zero-order valence-corrected chi connectivity index (χ0v) is 5.10. The molecule has 50 valence electrons. The smallest absolute Gasteiger partial charge is 0.410 e. The molecule has 0 aliphatic carbocycles. The van der Waals surface area contributed by atoms with Crippen molar-refractivity contribution >= 4 is 11.0 Å². The van der Waals surface area contributed by atoms with Gasteiger partial charge in [0.1, 0.15) is 11.0 Å². The van der Waals surface area contributed by atoms with Crippen LogP contribution >= 0.6 is 0 Å². The first-order valence-electron chi connectivity index (χ1n) is 2.87. The van der Waals surface area contributed by atoms with Gasteiger partial charge in [0.05, 0.1) is 0 Å². The quantitative estimate of drug-likeness (QED) is 0.544. The van der Waals surface area contributed by atoms with Gasteiger partial charge in [0.25, 0.3) is 0 Å². The number of hydrogen-bond donors (Lipinski definition) is 1. The van der Waals surface area contributed by atoms with Gasteiger partial charge in [-0.05, 0) is 17.3 Å². The summed E-state index contributed by atoms with van der Waals surface area (Å²) in [7, 11) is 0. The molecule has 4 nitrogen and oxygen atoms in total. The van der Waals surface area contributed by atoms with Crippen LogP contribution in [0.1, 0.15) is 1.43 Å². The number of hydrogen-bond acceptors (Lipinski definition) is 3. The van der Waals surface area contributed by atoms with Gasteiger partial charge < -0.3 is 5.21 Å². The fraction of sp³-hybridized carbons (Fsp3) is 0. The van der Waals surface area contributed by atoms with Gasteiger partial charge in [-0.3, -0.25) is 0 Å². The highest BCUT2D eigenvalue weighted by Crippen LogP contribution is 2.06. The Hall–Kier alpha value is -1.58. The van der Waals surface area contributed by atoms with Crippen molar-refractivity contribution in [3.63, 3.8) is 0 Å². The fourth-order valence-electron chi connectivity index (χ4n) is 0.857. The number of benzene rings is 1. The summed E-state index contributed by atoms with van der Waals surface area (Å²) in [5, 5.41) is 16.1. The number of fused-ring (bicyclic) bond motifs is 1. The highest BCUT2D eigenvalue weighted by atomic mass is 16.5. The van der Waals surface area contributed by atoms with Crippen LogP contribution in [0.5, 0.6) is 0 Å². The summed E-state index contributed by atoms with van der Waals surface area (Å²) in [6.45, 7) is 0. The van der Waals surface area contributed by atoms with Gasteiger partial charge in [-0.1, -0.05) is 17.0 Å². The van der Waals surface area contributed by atoms with Crippen molar-refractivity contribution in [2.24, 2.45) is 0 Å². The summed E-state index contributed by atoms with van der Waals surface area (Å²) in [6, 6.07) is 7.19. The topological polar surface area (TPSA) is 50.9 Å². The van der Waals surface area contributed by atoms with Crippen molar-refractivity contribution in [2.45, 2.75) is 0 Å². The van der Waals surface area contributed by atoms with Gasteiger partial charge in [-0.2, -0.15) is 0 Å². The summed E-state index contributed by atoms with van der Waals surface area (Å²) in [5.41, 5.74) is 1.33. The van der Waals surface area contributed by atoms with E-state index in [2.05, 4.69) is 10.3 Å². The van der Waals surface area contributed by atoms with Crippen molar-refractivity contribution in [1.29, 1.82) is 0 Å². The zero-order chi connectivity index (χ0) is 6.97. The molecule has 0 amide bonds. The van der Waals surface area contributed by atoms with Crippen LogP contribution in [0.25, 0.3) is 11.0 Å². The minimum Gasteiger partial charge on any atom is -0.410 e. The second-order valence-corrected chi connectivity index (χ2v) is 1.97. The Bertz CT molecular complexity index is 359. The van der Waals surface area contributed by atoms with Crippen molar-refractivity contribution in [1.82, 2.24) is 15.2 Å². The Morgan fingerprint density at radius 2 is 2.20 bits per heavy atom. The van der Waals surface area contributed by atoms with Crippen LogP contribution in [-0.4, -0.2) is 20.4 Å². The third-order valence-corrected chi connectivity index (χ3v) is 1.33. The molecule has 4 heteroatoms. The summed E-state index contributed by atoms with van der Waals surface area (Å²) >= 11 is 0. The molecule has 0 bridgehead atoms. The van der Waals surface area contributed by atoms with E-state index in [0.29, 0.717) is 11.0 Å². The molecule has 1 aromatic heterocycles. The van der Waals surface area contributed by atoms with E-state index in [4.69, 9.17) is 5.21 Å². The molecular formula is C6H6N3O+. The molecule has 0 atom stereocenters. The number of aromatic nitrogens is 3. The van der Waals surface area contributed by atoms with E-state index in [1.807, 2.05) is 12.1 Å². The third-order valence-electron chi connectivity index (χ3n) is 1.33. The highest BCUT2D eigenvalue weighted by Gasteiger charge is 1.98. The molecule has 0 spiro atoms. The summed E-state index contributed by atoms with van der Waals surface area (Å²) in [6.07, 6.45) is 0. The van der Waals surface area contributed by atoms with Crippen LogP contribution in [0, 0.1) is 0 Å². The molecule has 10 heavy (non-hydrogen) atoms. The average Bonchev–Trinajstić information content (AvgIpc) is 2.34. The molecule has 0 aliphatic rings. The molecule has 0 saturated carbocycles. The molecule has 2 rings (SSSR count). The number of para-hydroxylation sites is 1. The van der Waals surface area contributed by atoms with E-state index >= 15 is 0 Å². The van der Waals surface area contributed by atoms with Crippen LogP contribution in [0.2, 0.25) is 0 Å². The van der Waals surface area contributed by atoms with Crippen molar-refractivity contribution < 1.29 is 6.63 Å². The Labute approximate surface area is 58.1 Å².